The van der Waals surface area contributed by atoms with Crippen molar-refractivity contribution in [2.45, 2.75) is 6.92 Å². The Kier molecular flexibility index (Phi) is 5.14. The molecule has 2 aromatic rings. The zero-order chi connectivity index (χ0) is 15.1. The average molecular weight is 305 g/mol. The van der Waals surface area contributed by atoms with Gasteiger partial charge in [-0.05, 0) is 31.2 Å². The van der Waals surface area contributed by atoms with Crippen molar-refractivity contribution in [2.75, 3.05) is 11.7 Å². The van der Waals surface area contributed by atoms with Gasteiger partial charge in [-0.2, -0.15) is 0 Å². The van der Waals surface area contributed by atoms with E-state index in [0.29, 0.717) is 23.3 Å². The number of carbonyl (C=O) groups is 1. The van der Waals surface area contributed by atoms with E-state index in [9.17, 15) is 9.36 Å². The quantitative estimate of drug-likeness (QED) is 0.615. The van der Waals surface area contributed by atoms with Gasteiger partial charge < -0.3 is 4.52 Å². The van der Waals surface area contributed by atoms with Gasteiger partial charge in [0.25, 0.3) is 0 Å². The second kappa shape index (κ2) is 7.07. The van der Waals surface area contributed by atoms with E-state index in [-0.39, 0.29) is 6.61 Å². The van der Waals surface area contributed by atoms with E-state index in [1.54, 1.807) is 37.3 Å². The van der Waals surface area contributed by atoms with Crippen molar-refractivity contribution in [3.8, 4) is 5.75 Å². The molecule has 1 atom stereocenters. The first-order chi connectivity index (χ1) is 10.1. The second-order valence-corrected chi connectivity index (χ2v) is 5.83. The van der Waals surface area contributed by atoms with Gasteiger partial charge in [0.05, 0.1) is 6.61 Å². The molecule has 2 aromatic carbocycles. The molecule has 0 fully saturated rings. The number of carbonyl (C=O) groups excluding carboxylic acids is 1. The number of hydrogen-bond acceptors (Lipinski definition) is 4. The van der Waals surface area contributed by atoms with Crippen LogP contribution in [-0.4, -0.2) is 12.9 Å². The molecular formula is C15H16NO4P. The topological polar surface area (TPSA) is 64.6 Å². The molecule has 0 amide bonds. The van der Waals surface area contributed by atoms with Crippen LogP contribution in [0.2, 0.25) is 0 Å². The average Bonchev–Trinajstić information content (AvgIpc) is 2.48. The minimum absolute atomic E-state index is 0.227. The van der Waals surface area contributed by atoms with Crippen LogP contribution in [0.3, 0.4) is 0 Å². The van der Waals surface area contributed by atoms with Crippen LogP contribution < -0.4 is 9.61 Å². The predicted molar refractivity (Wildman–Crippen MR) is 81.8 cm³/mol. The molecule has 0 aliphatic heterocycles. The SMILES string of the molecule is CCOP(=O)(Nc1ccccc1)Oc1cccc(C=O)c1. The van der Waals surface area contributed by atoms with Crippen molar-refractivity contribution >= 4 is 19.7 Å². The number of aldehydes is 1. The van der Waals surface area contributed by atoms with Gasteiger partial charge in [-0.1, -0.05) is 30.3 Å². The van der Waals surface area contributed by atoms with E-state index < -0.39 is 7.75 Å². The summed E-state index contributed by atoms with van der Waals surface area (Å²) in [6.07, 6.45) is 0.698. The Labute approximate surface area is 123 Å². The van der Waals surface area contributed by atoms with Crippen LogP contribution >= 0.6 is 7.75 Å². The van der Waals surface area contributed by atoms with Crippen LogP contribution in [0.4, 0.5) is 5.69 Å². The first-order valence-corrected chi connectivity index (χ1v) is 8.02. The predicted octanol–water partition coefficient (Wildman–Crippen LogP) is 4.13. The summed E-state index contributed by atoms with van der Waals surface area (Å²) in [6.45, 7) is 1.95. The number of para-hydroxylation sites is 1. The van der Waals surface area contributed by atoms with E-state index in [4.69, 9.17) is 9.05 Å². The third kappa shape index (κ3) is 4.45. The van der Waals surface area contributed by atoms with Gasteiger partial charge in [-0.15, -0.1) is 0 Å². The number of anilines is 1. The zero-order valence-corrected chi connectivity index (χ0v) is 12.5. The van der Waals surface area contributed by atoms with E-state index >= 15 is 0 Å². The maximum absolute atomic E-state index is 12.7. The third-order valence-electron chi connectivity index (χ3n) is 2.56. The fourth-order valence-corrected chi connectivity index (χ4v) is 3.06. The molecule has 0 heterocycles. The normalized spacial score (nSPS) is 13.2. The lowest BCUT2D eigenvalue weighted by Gasteiger charge is -2.20. The number of rotatable bonds is 7. The highest BCUT2D eigenvalue weighted by Crippen LogP contribution is 2.48. The van der Waals surface area contributed by atoms with Crippen LogP contribution in [0.15, 0.2) is 54.6 Å². The molecule has 2 rings (SSSR count). The van der Waals surface area contributed by atoms with Gasteiger partial charge in [0, 0.05) is 11.3 Å². The van der Waals surface area contributed by atoms with Crippen LogP contribution in [0.1, 0.15) is 17.3 Å². The van der Waals surface area contributed by atoms with Crippen molar-refractivity contribution in [3.63, 3.8) is 0 Å². The molecule has 0 spiro atoms. The lowest BCUT2D eigenvalue weighted by atomic mass is 10.2. The van der Waals surface area contributed by atoms with Crippen molar-refractivity contribution in [1.82, 2.24) is 0 Å². The highest BCUT2D eigenvalue weighted by atomic mass is 31.2. The maximum atomic E-state index is 12.7. The second-order valence-electron chi connectivity index (χ2n) is 4.17. The van der Waals surface area contributed by atoms with Crippen LogP contribution in [0.25, 0.3) is 0 Å². The first-order valence-electron chi connectivity index (χ1n) is 6.48. The van der Waals surface area contributed by atoms with Crippen molar-refractivity contribution < 1.29 is 18.4 Å². The van der Waals surface area contributed by atoms with Crippen molar-refractivity contribution in [3.05, 3.63) is 60.2 Å². The standard InChI is InChI=1S/C15H16NO4P/c1-2-19-21(18,16-14-8-4-3-5-9-14)20-15-10-6-7-13(11-15)12-17/h3-12H,2H2,1H3,(H,16,18). The van der Waals surface area contributed by atoms with Gasteiger partial charge in [0.2, 0.25) is 0 Å². The van der Waals surface area contributed by atoms with Crippen molar-refractivity contribution in [1.29, 1.82) is 0 Å². The molecule has 0 aliphatic carbocycles. The Morgan fingerprint density at radius 3 is 2.57 bits per heavy atom. The summed E-state index contributed by atoms with van der Waals surface area (Å²) in [7, 11) is -3.56. The number of hydrogen-bond donors (Lipinski definition) is 1. The molecular weight excluding hydrogens is 289 g/mol. The van der Waals surface area contributed by atoms with E-state index in [1.165, 1.54) is 6.07 Å². The third-order valence-corrected chi connectivity index (χ3v) is 4.14. The Balaban J connectivity index is 2.21. The lowest BCUT2D eigenvalue weighted by Crippen LogP contribution is -2.07. The summed E-state index contributed by atoms with van der Waals surface area (Å²) in [6, 6.07) is 15.4. The van der Waals surface area contributed by atoms with Gasteiger partial charge in [-0.3, -0.25) is 14.4 Å². The summed E-state index contributed by atoms with van der Waals surface area (Å²) < 4.78 is 23.4. The Bertz CT molecular complexity index is 645. The van der Waals surface area contributed by atoms with Crippen LogP contribution in [-0.2, 0) is 9.09 Å². The molecule has 5 nitrogen and oxygen atoms in total. The maximum Gasteiger partial charge on any atom is 0.486 e. The Hall–Kier alpha value is -2.10. The monoisotopic (exact) mass is 305 g/mol. The molecule has 0 bridgehead atoms. The summed E-state index contributed by atoms with van der Waals surface area (Å²) in [5.74, 6) is 0.305. The van der Waals surface area contributed by atoms with E-state index in [0.717, 1.165) is 0 Å². The fraction of sp³-hybridized carbons (Fsp3) is 0.133. The highest BCUT2D eigenvalue weighted by molar-refractivity contribution is 7.55. The lowest BCUT2D eigenvalue weighted by molar-refractivity contribution is 0.112. The van der Waals surface area contributed by atoms with Crippen molar-refractivity contribution in [2.24, 2.45) is 0 Å². The van der Waals surface area contributed by atoms with Gasteiger partial charge in [-0.25, -0.2) is 4.57 Å². The molecule has 0 aromatic heterocycles. The molecule has 0 saturated heterocycles. The van der Waals surface area contributed by atoms with E-state index in [2.05, 4.69) is 5.09 Å². The number of nitrogens with one attached hydrogen (secondary N) is 1. The molecule has 1 N–H and O–H groups in total. The van der Waals surface area contributed by atoms with Gasteiger partial charge >= 0.3 is 7.75 Å². The first kappa shape index (κ1) is 15.3. The largest absolute Gasteiger partial charge is 0.486 e. The smallest absolute Gasteiger partial charge is 0.409 e. The molecule has 0 saturated carbocycles. The van der Waals surface area contributed by atoms with Crippen LogP contribution in [0.5, 0.6) is 5.75 Å². The molecule has 1 unspecified atom stereocenters. The van der Waals surface area contributed by atoms with Gasteiger partial charge in [0.1, 0.15) is 12.0 Å². The van der Waals surface area contributed by atoms with E-state index in [1.807, 2.05) is 18.2 Å². The molecule has 110 valence electrons. The summed E-state index contributed by atoms with van der Waals surface area (Å²) in [5.41, 5.74) is 1.07. The molecule has 6 heteroatoms. The summed E-state index contributed by atoms with van der Waals surface area (Å²) in [5, 5.41) is 2.77. The highest BCUT2D eigenvalue weighted by Gasteiger charge is 2.26. The zero-order valence-electron chi connectivity index (χ0n) is 11.6. The summed E-state index contributed by atoms with van der Waals surface area (Å²) >= 11 is 0. The Morgan fingerprint density at radius 1 is 1.14 bits per heavy atom. The number of benzene rings is 2. The van der Waals surface area contributed by atoms with Crippen LogP contribution in [0, 0.1) is 0 Å². The minimum Gasteiger partial charge on any atom is -0.409 e. The van der Waals surface area contributed by atoms with Gasteiger partial charge in [0.15, 0.2) is 0 Å². The molecule has 0 aliphatic rings. The minimum atomic E-state index is -3.56. The molecule has 21 heavy (non-hydrogen) atoms. The molecule has 0 radical (unpaired) electrons. The summed E-state index contributed by atoms with van der Waals surface area (Å²) in [4.78, 5) is 10.8. The Morgan fingerprint density at radius 2 is 1.90 bits per heavy atom. The fourth-order valence-electron chi connectivity index (χ4n) is 1.71.